The van der Waals surface area contributed by atoms with Crippen molar-refractivity contribution in [3.05, 3.63) is 51.7 Å². The molecule has 2 atom stereocenters. The van der Waals surface area contributed by atoms with Gasteiger partial charge in [0.05, 0.1) is 0 Å². The van der Waals surface area contributed by atoms with Crippen LogP contribution in [0, 0.1) is 5.92 Å². The van der Waals surface area contributed by atoms with Gasteiger partial charge in [0.1, 0.15) is 5.75 Å². The first kappa shape index (κ1) is 20.2. The van der Waals surface area contributed by atoms with Crippen molar-refractivity contribution in [1.82, 2.24) is 9.80 Å². The molecule has 2 aliphatic rings. The minimum absolute atomic E-state index is 0.0672. The summed E-state index contributed by atoms with van der Waals surface area (Å²) < 4.78 is 5.92. The maximum absolute atomic E-state index is 13.0. The second-order valence-corrected chi connectivity index (χ2v) is 9.56. The number of hydrogen-bond acceptors (Lipinski definition) is 4. The van der Waals surface area contributed by atoms with E-state index in [9.17, 15) is 9.59 Å². The molecule has 1 aliphatic heterocycles. The number of rotatable bonds is 5. The van der Waals surface area contributed by atoms with Gasteiger partial charge in [-0.3, -0.25) is 9.59 Å². The lowest BCUT2D eigenvalue weighted by Crippen LogP contribution is -2.56. The number of hydrogen-bond donors (Lipinski definition) is 0. The van der Waals surface area contributed by atoms with Crippen LogP contribution in [0.3, 0.4) is 0 Å². The lowest BCUT2D eigenvalue weighted by Gasteiger charge is -2.38. The van der Waals surface area contributed by atoms with Crippen molar-refractivity contribution in [1.29, 1.82) is 0 Å². The number of benzene rings is 1. The summed E-state index contributed by atoms with van der Waals surface area (Å²) in [6.45, 7) is 5.78. The Hall–Kier alpha value is -2.05. The van der Waals surface area contributed by atoms with Crippen LogP contribution < -0.4 is 4.74 Å². The number of ether oxygens (including phenoxy) is 1. The first-order valence-corrected chi connectivity index (χ1v) is 11.2. The molecular weight excluding hydrogens is 408 g/mol. The predicted molar refractivity (Wildman–Crippen MR) is 114 cm³/mol. The number of nitrogens with zero attached hydrogens (tertiary/aromatic N) is 2. The van der Waals surface area contributed by atoms with Gasteiger partial charge < -0.3 is 14.5 Å². The normalized spacial score (nSPS) is 21.8. The minimum Gasteiger partial charge on any atom is -0.478 e. The molecule has 154 valence electrons. The Labute approximate surface area is 180 Å². The first-order valence-electron chi connectivity index (χ1n) is 9.91. The van der Waals surface area contributed by atoms with E-state index >= 15 is 0 Å². The molecule has 29 heavy (non-hydrogen) atoms. The van der Waals surface area contributed by atoms with Crippen molar-refractivity contribution in [2.24, 2.45) is 5.92 Å². The van der Waals surface area contributed by atoms with Crippen LogP contribution in [-0.2, 0) is 9.59 Å². The van der Waals surface area contributed by atoms with Crippen LogP contribution in [0.1, 0.15) is 31.1 Å². The molecule has 4 rings (SSSR count). The zero-order valence-corrected chi connectivity index (χ0v) is 18.2. The summed E-state index contributed by atoms with van der Waals surface area (Å²) in [4.78, 5) is 30.8. The number of amides is 2. The maximum atomic E-state index is 13.0. The number of halogens is 1. The Morgan fingerprint density at radius 2 is 1.72 bits per heavy atom. The van der Waals surface area contributed by atoms with Crippen molar-refractivity contribution < 1.29 is 14.3 Å². The summed E-state index contributed by atoms with van der Waals surface area (Å²) in [5.74, 6) is 1.26. The summed E-state index contributed by atoms with van der Waals surface area (Å²) in [5, 5.41) is 2.69. The molecular formula is C22H25ClN2O3S. The fourth-order valence-corrected chi connectivity index (χ4v) is 4.90. The third-order valence-corrected chi connectivity index (χ3v) is 6.85. The van der Waals surface area contributed by atoms with Crippen molar-refractivity contribution in [2.45, 2.75) is 31.8 Å². The largest absolute Gasteiger partial charge is 0.478 e. The van der Waals surface area contributed by atoms with Gasteiger partial charge in [-0.1, -0.05) is 17.7 Å². The Morgan fingerprint density at radius 3 is 2.34 bits per heavy atom. The van der Waals surface area contributed by atoms with Crippen LogP contribution in [0.15, 0.2) is 41.8 Å². The Bertz CT molecular complexity index is 874. The molecule has 0 unspecified atom stereocenters. The van der Waals surface area contributed by atoms with E-state index < -0.39 is 5.60 Å². The third kappa shape index (κ3) is 4.43. The molecule has 2 heterocycles. The van der Waals surface area contributed by atoms with E-state index in [1.165, 1.54) is 4.88 Å². The van der Waals surface area contributed by atoms with Gasteiger partial charge in [0, 0.05) is 47.9 Å². The van der Waals surface area contributed by atoms with Crippen molar-refractivity contribution in [3.8, 4) is 5.75 Å². The van der Waals surface area contributed by atoms with Crippen LogP contribution in [-0.4, -0.2) is 53.4 Å². The van der Waals surface area contributed by atoms with Gasteiger partial charge in [-0.05, 0) is 56.0 Å². The Morgan fingerprint density at radius 1 is 1.07 bits per heavy atom. The highest BCUT2D eigenvalue weighted by atomic mass is 35.5. The predicted octanol–water partition coefficient (Wildman–Crippen LogP) is 4.03. The van der Waals surface area contributed by atoms with E-state index in [1.54, 1.807) is 54.3 Å². The van der Waals surface area contributed by atoms with E-state index in [1.807, 2.05) is 11.0 Å². The van der Waals surface area contributed by atoms with Gasteiger partial charge in [-0.25, -0.2) is 0 Å². The molecule has 1 aromatic heterocycles. The summed E-state index contributed by atoms with van der Waals surface area (Å²) in [6.07, 6.45) is 0.945. The van der Waals surface area contributed by atoms with E-state index in [4.69, 9.17) is 16.3 Å². The molecule has 2 amide bonds. The van der Waals surface area contributed by atoms with E-state index in [2.05, 4.69) is 11.4 Å². The molecule has 1 aliphatic carbocycles. The fourth-order valence-electron chi connectivity index (χ4n) is 3.87. The van der Waals surface area contributed by atoms with Gasteiger partial charge in [-0.2, -0.15) is 0 Å². The molecule has 2 fully saturated rings. The van der Waals surface area contributed by atoms with E-state index in [-0.39, 0.29) is 17.7 Å². The monoisotopic (exact) mass is 432 g/mol. The lowest BCUT2D eigenvalue weighted by molar-refractivity contribution is -0.150. The molecule has 7 heteroatoms. The Balaban J connectivity index is 1.30. The van der Waals surface area contributed by atoms with Crippen LogP contribution in [0.4, 0.5) is 0 Å². The van der Waals surface area contributed by atoms with Gasteiger partial charge in [0.2, 0.25) is 5.91 Å². The quantitative estimate of drug-likeness (QED) is 0.716. The minimum atomic E-state index is -0.985. The average molecular weight is 433 g/mol. The number of thiophene rings is 1. The van der Waals surface area contributed by atoms with Crippen LogP contribution in [0.2, 0.25) is 5.02 Å². The molecule has 2 aromatic rings. The Kier molecular flexibility index (Phi) is 5.58. The third-order valence-electron chi connectivity index (χ3n) is 5.60. The van der Waals surface area contributed by atoms with Crippen LogP contribution >= 0.6 is 22.9 Å². The fraction of sp³-hybridized carbons (Fsp3) is 0.455. The second kappa shape index (κ2) is 8.00. The zero-order valence-electron chi connectivity index (χ0n) is 16.6. The van der Waals surface area contributed by atoms with Gasteiger partial charge in [0.25, 0.3) is 5.91 Å². The molecule has 0 spiro atoms. The summed E-state index contributed by atoms with van der Waals surface area (Å²) in [5.41, 5.74) is -0.985. The highest BCUT2D eigenvalue weighted by molar-refractivity contribution is 7.10. The van der Waals surface area contributed by atoms with Crippen molar-refractivity contribution >= 4 is 34.8 Å². The highest BCUT2D eigenvalue weighted by Crippen LogP contribution is 2.50. The summed E-state index contributed by atoms with van der Waals surface area (Å²) in [6, 6.07) is 11.1. The zero-order chi connectivity index (χ0) is 20.6. The number of piperazine rings is 1. The van der Waals surface area contributed by atoms with Crippen LogP contribution in [0.5, 0.6) is 5.75 Å². The molecule has 0 bridgehead atoms. The van der Waals surface area contributed by atoms with E-state index in [0.717, 1.165) is 6.42 Å². The molecule has 0 radical (unpaired) electrons. The molecule has 0 N–H and O–H groups in total. The van der Waals surface area contributed by atoms with Crippen LogP contribution in [0.25, 0.3) is 0 Å². The van der Waals surface area contributed by atoms with Crippen molar-refractivity contribution in [2.75, 3.05) is 26.2 Å². The number of carbonyl (C=O) groups excluding carboxylic acids is 2. The lowest BCUT2D eigenvalue weighted by atomic mass is 10.1. The van der Waals surface area contributed by atoms with E-state index in [0.29, 0.717) is 42.9 Å². The van der Waals surface area contributed by atoms with Crippen molar-refractivity contribution in [3.63, 3.8) is 0 Å². The molecule has 1 saturated carbocycles. The SMILES string of the molecule is CC(C)(Oc1ccc(Cl)cc1)C(=O)N1CCN(C(=O)[C@H]2C[C@@H]2c2cccs2)CC1. The first-order chi connectivity index (χ1) is 13.8. The second-order valence-electron chi connectivity index (χ2n) is 8.15. The number of carbonyl (C=O) groups is 2. The molecule has 1 saturated heterocycles. The summed E-state index contributed by atoms with van der Waals surface area (Å²) in [7, 11) is 0. The molecule has 1 aromatic carbocycles. The summed E-state index contributed by atoms with van der Waals surface area (Å²) >= 11 is 7.63. The van der Waals surface area contributed by atoms with Gasteiger partial charge in [-0.15, -0.1) is 11.3 Å². The standard InChI is InChI=1S/C22H25ClN2O3S/c1-22(2,28-16-7-5-15(23)6-8-16)21(27)25-11-9-24(10-12-25)20(26)18-14-17(18)19-4-3-13-29-19/h3-8,13,17-18H,9-12,14H2,1-2H3/t17-,18-/m0/s1. The maximum Gasteiger partial charge on any atom is 0.266 e. The van der Waals surface area contributed by atoms with Gasteiger partial charge in [0.15, 0.2) is 5.60 Å². The average Bonchev–Trinajstić information content (AvgIpc) is 3.33. The topological polar surface area (TPSA) is 49.9 Å². The highest BCUT2D eigenvalue weighted by Gasteiger charge is 2.47. The smallest absolute Gasteiger partial charge is 0.266 e. The molecule has 5 nitrogen and oxygen atoms in total. The van der Waals surface area contributed by atoms with Gasteiger partial charge >= 0.3 is 0 Å².